The molecule has 5 nitrogen and oxygen atoms in total. The van der Waals surface area contributed by atoms with Gasteiger partial charge in [-0.15, -0.1) is 0 Å². The van der Waals surface area contributed by atoms with Crippen LogP contribution < -0.4 is 0 Å². The number of carbonyl (C=O) groups excluding carboxylic acids is 2. The minimum Gasteiger partial charge on any atom is -0.472 e. The molecule has 1 aromatic heterocycles. The van der Waals surface area contributed by atoms with E-state index in [9.17, 15) is 9.59 Å². The maximum atomic E-state index is 12.3. The zero-order chi connectivity index (χ0) is 14.5. The molecule has 1 fully saturated rings. The molecule has 0 aliphatic heterocycles. The Hall–Kier alpha value is -1.78. The lowest BCUT2D eigenvalue weighted by Gasteiger charge is -2.24. The average Bonchev–Trinajstić information content (AvgIpc) is 3.13. The standard InChI is InChI=1S/C15H22N2O3/c1-3-16(4-2)14(18)7-9-17(13-5-6-13)15(19)12-8-10-20-11-12/h8,10-11,13H,3-7,9H2,1-2H3. The summed E-state index contributed by atoms with van der Waals surface area (Å²) in [6, 6.07) is 1.96. The Morgan fingerprint density at radius 2 is 2.00 bits per heavy atom. The van der Waals surface area contributed by atoms with Crippen LogP contribution in [0.15, 0.2) is 23.0 Å². The quantitative estimate of drug-likeness (QED) is 0.768. The van der Waals surface area contributed by atoms with Crippen LogP contribution in [0.2, 0.25) is 0 Å². The van der Waals surface area contributed by atoms with E-state index in [0.717, 1.165) is 12.8 Å². The lowest BCUT2D eigenvalue weighted by molar-refractivity contribution is -0.131. The zero-order valence-electron chi connectivity index (χ0n) is 12.2. The summed E-state index contributed by atoms with van der Waals surface area (Å²) in [4.78, 5) is 28.0. The third-order valence-corrected chi connectivity index (χ3v) is 3.70. The second kappa shape index (κ2) is 6.59. The Kier molecular flexibility index (Phi) is 4.82. The van der Waals surface area contributed by atoms with Gasteiger partial charge in [0.2, 0.25) is 5.91 Å². The smallest absolute Gasteiger partial charge is 0.257 e. The van der Waals surface area contributed by atoms with Crippen molar-refractivity contribution in [3.8, 4) is 0 Å². The predicted octanol–water partition coefficient (Wildman–Crippen LogP) is 2.14. The van der Waals surface area contributed by atoms with E-state index in [2.05, 4.69) is 0 Å². The van der Waals surface area contributed by atoms with Gasteiger partial charge in [-0.05, 0) is 32.8 Å². The molecule has 1 heterocycles. The van der Waals surface area contributed by atoms with E-state index in [-0.39, 0.29) is 11.8 Å². The zero-order valence-corrected chi connectivity index (χ0v) is 12.2. The van der Waals surface area contributed by atoms with Gasteiger partial charge in [0.1, 0.15) is 6.26 Å². The number of rotatable bonds is 7. The maximum absolute atomic E-state index is 12.3. The number of hydrogen-bond acceptors (Lipinski definition) is 3. The maximum Gasteiger partial charge on any atom is 0.257 e. The number of hydrogen-bond donors (Lipinski definition) is 0. The molecule has 1 saturated carbocycles. The number of nitrogens with zero attached hydrogens (tertiary/aromatic N) is 2. The van der Waals surface area contributed by atoms with Crippen molar-refractivity contribution in [1.29, 1.82) is 0 Å². The highest BCUT2D eigenvalue weighted by Crippen LogP contribution is 2.28. The van der Waals surface area contributed by atoms with Crippen LogP contribution in [0.4, 0.5) is 0 Å². The van der Waals surface area contributed by atoms with Crippen LogP contribution in [0.1, 0.15) is 43.5 Å². The molecule has 0 N–H and O–H groups in total. The fourth-order valence-corrected chi connectivity index (χ4v) is 2.34. The van der Waals surface area contributed by atoms with Gasteiger partial charge < -0.3 is 14.2 Å². The largest absolute Gasteiger partial charge is 0.472 e. The highest BCUT2D eigenvalue weighted by molar-refractivity contribution is 5.94. The fourth-order valence-electron chi connectivity index (χ4n) is 2.34. The number of carbonyl (C=O) groups is 2. The summed E-state index contributed by atoms with van der Waals surface area (Å²) in [7, 11) is 0. The minimum absolute atomic E-state index is 0.0337. The first-order chi connectivity index (χ1) is 9.67. The molecule has 0 radical (unpaired) electrons. The second-order valence-corrected chi connectivity index (χ2v) is 5.06. The van der Waals surface area contributed by atoms with Crippen LogP contribution in [0.25, 0.3) is 0 Å². The normalized spacial score (nSPS) is 14.1. The van der Waals surface area contributed by atoms with Crippen LogP contribution in [0.5, 0.6) is 0 Å². The molecule has 2 amide bonds. The average molecular weight is 278 g/mol. The molecule has 0 unspecified atom stereocenters. The van der Waals surface area contributed by atoms with Gasteiger partial charge in [-0.25, -0.2) is 0 Å². The van der Waals surface area contributed by atoms with E-state index >= 15 is 0 Å². The molecule has 1 aromatic rings. The molecule has 0 atom stereocenters. The monoisotopic (exact) mass is 278 g/mol. The topological polar surface area (TPSA) is 53.8 Å². The van der Waals surface area contributed by atoms with Crippen molar-refractivity contribution in [3.05, 3.63) is 24.2 Å². The first kappa shape index (κ1) is 14.6. The summed E-state index contributed by atoms with van der Waals surface area (Å²) in [5.41, 5.74) is 0.562. The van der Waals surface area contributed by atoms with Crippen molar-refractivity contribution >= 4 is 11.8 Å². The summed E-state index contributed by atoms with van der Waals surface area (Å²) in [5.74, 6) is 0.0780. The van der Waals surface area contributed by atoms with Crippen molar-refractivity contribution in [3.63, 3.8) is 0 Å². The Labute approximate surface area is 119 Å². The highest BCUT2D eigenvalue weighted by Gasteiger charge is 2.33. The van der Waals surface area contributed by atoms with Gasteiger partial charge in [0, 0.05) is 32.1 Å². The van der Waals surface area contributed by atoms with Gasteiger partial charge in [0.15, 0.2) is 0 Å². The SMILES string of the molecule is CCN(CC)C(=O)CCN(C(=O)c1ccoc1)C1CC1. The Balaban J connectivity index is 1.93. The summed E-state index contributed by atoms with van der Waals surface area (Å²) in [5, 5.41) is 0. The van der Waals surface area contributed by atoms with Crippen molar-refractivity contribution in [2.45, 2.75) is 39.2 Å². The molecule has 5 heteroatoms. The van der Waals surface area contributed by atoms with E-state index in [1.54, 1.807) is 11.0 Å². The third kappa shape index (κ3) is 3.40. The van der Waals surface area contributed by atoms with E-state index < -0.39 is 0 Å². The van der Waals surface area contributed by atoms with E-state index in [1.165, 1.54) is 12.5 Å². The summed E-state index contributed by atoms with van der Waals surface area (Å²) in [6.07, 6.45) is 5.41. The van der Waals surface area contributed by atoms with Crippen molar-refractivity contribution in [2.24, 2.45) is 0 Å². The van der Waals surface area contributed by atoms with Crippen LogP contribution in [0, 0.1) is 0 Å². The summed E-state index contributed by atoms with van der Waals surface area (Å²) >= 11 is 0. The molecule has 20 heavy (non-hydrogen) atoms. The third-order valence-electron chi connectivity index (χ3n) is 3.70. The molecule has 0 bridgehead atoms. The molecule has 2 rings (SSSR count). The number of furan rings is 1. The minimum atomic E-state index is -0.0337. The van der Waals surface area contributed by atoms with Crippen LogP contribution >= 0.6 is 0 Å². The van der Waals surface area contributed by atoms with E-state index in [0.29, 0.717) is 37.7 Å². The predicted molar refractivity (Wildman–Crippen MR) is 75.3 cm³/mol. The molecule has 1 aliphatic rings. The van der Waals surface area contributed by atoms with Crippen LogP contribution in [0.3, 0.4) is 0 Å². The first-order valence-corrected chi connectivity index (χ1v) is 7.28. The van der Waals surface area contributed by atoms with Crippen molar-refractivity contribution in [1.82, 2.24) is 9.80 Å². The van der Waals surface area contributed by atoms with Gasteiger partial charge in [-0.1, -0.05) is 0 Å². The molecular formula is C15H22N2O3. The van der Waals surface area contributed by atoms with Gasteiger partial charge in [0.05, 0.1) is 11.8 Å². The summed E-state index contributed by atoms with van der Waals surface area (Å²) in [6.45, 7) is 5.86. The van der Waals surface area contributed by atoms with Crippen molar-refractivity contribution in [2.75, 3.05) is 19.6 Å². The second-order valence-electron chi connectivity index (χ2n) is 5.06. The fraction of sp³-hybridized carbons (Fsp3) is 0.600. The Morgan fingerprint density at radius 1 is 1.30 bits per heavy atom. The Morgan fingerprint density at radius 3 is 2.50 bits per heavy atom. The van der Waals surface area contributed by atoms with Gasteiger partial charge in [-0.2, -0.15) is 0 Å². The molecule has 0 aromatic carbocycles. The van der Waals surface area contributed by atoms with Crippen LogP contribution in [-0.2, 0) is 4.79 Å². The van der Waals surface area contributed by atoms with E-state index in [4.69, 9.17) is 4.42 Å². The molecule has 0 saturated heterocycles. The molecular weight excluding hydrogens is 256 g/mol. The Bertz CT molecular complexity index is 448. The molecule has 110 valence electrons. The van der Waals surface area contributed by atoms with Gasteiger partial charge >= 0.3 is 0 Å². The summed E-state index contributed by atoms with van der Waals surface area (Å²) < 4.78 is 4.96. The lowest BCUT2D eigenvalue weighted by atomic mass is 10.2. The van der Waals surface area contributed by atoms with Gasteiger partial charge in [0.25, 0.3) is 5.91 Å². The lowest BCUT2D eigenvalue weighted by Crippen LogP contribution is -2.38. The van der Waals surface area contributed by atoms with Gasteiger partial charge in [-0.3, -0.25) is 9.59 Å². The van der Waals surface area contributed by atoms with Crippen molar-refractivity contribution < 1.29 is 14.0 Å². The molecule has 0 spiro atoms. The highest BCUT2D eigenvalue weighted by atomic mass is 16.3. The van der Waals surface area contributed by atoms with E-state index in [1.807, 2.05) is 18.7 Å². The molecule has 1 aliphatic carbocycles. The number of amides is 2. The van der Waals surface area contributed by atoms with Crippen LogP contribution in [-0.4, -0.2) is 47.3 Å². The first-order valence-electron chi connectivity index (χ1n) is 7.28.